The van der Waals surface area contributed by atoms with Gasteiger partial charge >= 0.3 is 11.2 Å². The van der Waals surface area contributed by atoms with Crippen LogP contribution in [0.15, 0.2) is 47.3 Å². The number of rotatable bonds is 6. The van der Waals surface area contributed by atoms with Crippen LogP contribution in [0.3, 0.4) is 0 Å². The summed E-state index contributed by atoms with van der Waals surface area (Å²) >= 11 is 12.0. The number of hydrogen-bond donors (Lipinski definition) is 2. The average Bonchev–Trinajstić information content (AvgIpc) is 2.65. The van der Waals surface area contributed by atoms with Crippen LogP contribution in [0.2, 0.25) is 10.0 Å². The van der Waals surface area contributed by atoms with Gasteiger partial charge in [-0.25, -0.2) is 0 Å². The number of halogens is 2. The molecule has 3 rings (SSSR count). The lowest BCUT2D eigenvalue weighted by atomic mass is 10.2. The largest absolute Gasteiger partial charge is 0.489 e. The maximum atomic E-state index is 11.7. The van der Waals surface area contributed by atoms with E-state index < -0.39 is 22.0 Å². The van der Waals surface area contributed by atoms with Crippen molar-refractivity contribution in [3.63, 3.8) is 0 Å². The fraction of sp³-hybridized carbons (Fsp3) is 0.0526. The molecule has 0 bridgehead atoms. The topological polar surface area (TPSA) is 118 Å². The van der Waals surface area contributed by atoms with Gasteiger partial charge in [0.1, 0.15) is 18.2 Å². The Morgan fingerprint density at radius 1 is 1.21 bits per heavy atom. The van der Waals surface area contributed by atoms with E-state index in [0.717, 1.165) is 5.56 Å². The number of nitrogens with one attached hydrogen (secondary N) is 1. The predicted molar refractivity (Wildman–Crippen MR) is 109 cm³/mol. The van der Waals surface area contributed by atoms with E-state index in [4.69, 9.17) is 27.9 Å². The van der Waals surface area contributed by atoms with Gasteiger partial charge in [-0.2, -0.15) is 4.98 Å². The number of aromatic hydroxyl groups is 1. The molecule has 10 heteroatoms. The molecule has 8 nitrogen and oxygen atoms in total. The lowest BCUT2D eigenvalue weighted by molar-refractivity contribution is -0.387. The summed E-state index contributed by atoms with van der Waals surface area (Å²) in [6.07, 6.45) is 3.01. The fourth-order valence-electron chi connectivity index (χ4n) is 2.40. The Morgan fingerprint density at radius 2 is 2.00 bits per heavy atom. The van der Waals surface area contributed by atoms with E-state index in [9.17, 15) is 20.0 Å². The molecule has 0 unspecified atom stereocenters. The number of ether oxygens (including phenoxy) is 1. The molecule has 0 aliphatic carbocycles. The van der Waals surface area contributed by atoms with E-state index in [1.54, 1.807) is 48.5 Å². The Morgan fingerprint density at radius 3 is 2.69 bits per heavy atom. The van der Waals surface area contributed by atoms with Gasteiger partial charge in [-0.15, -0.1) is 0 Å². The number of hydrogen-bond acceptors (Lipinski definition) is 6. The number of aromatic amines is 1. The average molecular weight is 434 g/mol. The van der Waals surface area contributed by atoms with E-state index in [2.05, 4.69) is 9.97 Å². The molecule has 0 atom stereocenters. The molecule has 3 aromatic rings. The molecule has 29 heavy (non-hydrogen) atoms. The van der Waals surface area contributed by atoms with Crippen molar-refractivity contribution < 1.29 is 14.8 Å². The van der Waals surface area contributed by atoms with Gasteiger partial charge in [-0.05, 0) is 35.9 Å². The zero-order valence-electron chi connectivity index (χ0n) is 14.6. The molecule has 1 aromatic heterocycles. The number of H-pyrrole nitrogens is 1. The van der Waals surface area contributed by atoms with Crippen LogP contribution in [0, 0.1) is 10.1 Å². The van der Waals surface area contributed by atoms with Gasteiger partial charge in [-0.1, -0.05) is 47.5 Å². The van der Waals surface area contributed by atoms with E-state index in [-0.39, 0.29) is 12.4 Å². The molecule has 2 aromatic carbocycles. The molecule has 0 amide bonds. The first kappa shape index (κ1) is 20.4. The van der Waals surface area contributed by atoms with E-state index in [0.29, 0.717) is 21.4 Å². The quantitative estimate of drug-likeness (QED) is 0.438. The summed E-state index contributed by atoms with van der Waals surface area (Å²) in [6.45, 7) is 0.244. The lowest BCUT2D eigenvalue weighted by Gasteiger charge is -2.08. The van der Waals surface area contributed by atoms with E-state index in [1.165, 1.54) is 6.08 Å². The maximum Gasteiger partial charge on any atom is 0.395 e. The third kappa shape index (κ3) is 5.13. The minimum atomic E-state index is -1.04. The highest BCUT2D eigenvalue weighted by molar-refractivity contribution is 6.35. The van der Waals surface area contributed by atoms with Gasteiger partial charge in [-0.3, -0.25) is 14.9 Å². The van der Waals surface area contributed by atoms with Crippen molar-refractivity contribution in [3.05, 3.63) is 89.9 Å². The van der Waals surface area contributed by atoms with Gasteiger partial charge < -0.3 is 14.8 Å². The summed E-state index contributed by atoms with van der Waals surface area (Å²) in [5.74, 6) is -0.404. The minimum Gasteiger partial charge on any atom is -0.489 e. The SMILES string of the molecule is O=c1[nH]c(/C=C/c2cccc(OCc3ccc(Cl)cc3Cl)c2)nc(O)c1[N+](=O)[O-]. The van der Waals surface area contributed by atoms with Gasteiger partial charge in [0.15, 0.2) is 0 Å². The van der Waals surface area contributed by atoms with Crippen molar-refractivity contribution in [1.29, 1.82) is 0 Å². The van der Waals surface area contributed by atoms with Crippen LogP contribution in [0.25, 0.3) is 12.2 Å². The summed E-state index contributed by atoms with van der Waals surface area (Å²) < 4.78 is 5.74. The molecular formula is C19H13Cl2N3O5. The van der Waals surface area contributed by atoms with Gasteiger partial charge in [0.05, 0.1) is 4.92 Å². The molecule has 0 fully saturated rings. The van der Waals surface area contributed by atoms with Gasteiger partial charge in [0.2, 0.25) is 0 Å². The summed E-state index contributed by atoms with van der Waals surface area (Å²) in [5, 5.41) is 21.3. The number of nitro groups is 1. The summed E-state index contributed by atoms with van der Waals surface area (Å²) in [6, 6.07) is 12.2. The molecule has 0 saturated carbocycles. The van der Waals surface area contributed by atoms with Crippen molar-refractivity contribution in [3.8, 4) is 11.6 Å². The van der Waals surface area contributed by atoms with Crippen molar-refractivity contribution in [2.45, 2.75) is 6.61 Å². The Labute approximate surface area is 174 Å². The fourth-order valence-corrected chi connectivity index (χ4v) is 2.86. The highest BCUT2D eigenvalue weighted by Gasteiger charge is 2.21. The van der Waals surface area contributed by atoms with Crippen molar-refractivity contribution in [2.24, 2.45) is 0 Å². The molecule has 1 heterocycles. The number of nitrogens with zero attached hydrogens (tertiary/aromatic N) is 2. The van der Waals surface area contributed by atoms with E-state index in [1.807, 2.05) is 0 Å². The Bertz CT molecular complexity index is 1160. The summed E-state index contributed by atoms with van der Waals surface area (Å²) in [5.41, 5.74) is -0.553. The first-order valence-electron chi connectivity index (χ1n) is 8.16. The zero-order valence-corrected chi connectivity index (χ0v) is 16.1. The van der Waals surface area contributed by atoms with Crippen LogP contribution in [-0.4, -0.2) is 20.0 Å². The molecule has 0 radical (unpaired) electrons. The second kappa shape index (κ2) is 8.76. The lowest BCUT2D eigenvalue weighted by Crippen LogP contribution is -2.14. The van der Waals surface area contributed by atoms with Crippen molar-refractivity contribution >= 4 is 41.0 Å². The zero-order chi connectivity index (χ0) is 21.0. The molecule has 0 spiro atoms. The van der Waals surface area contributed by atoms with E-state index >= 15 is 0 Å². The van der Waals surface area contributed by atoms with Crippen LogP contribution in [0.4, 0.5) is 5.69 Å². The van der Waals surface area contributed by atoms with Crippen LogP contribution in [0.5, 0.6) is 11.6 Å². The number of aromatic nitrogens is 2. The van der Waals surface area contributed by atoms with Crippen LogP contribution in [-0.2, 0) is 6.61 Å². The summed E-state index contributed by atoms with van der Waals surface area (Å²) in [4.78, 5) is 27.2. The maximum absolute atomic E-state index is 11.7. The third-order valence-electron chi connectivity index (χ3n) is 3.78. The molecule has 2 N–H and O–H groups in total. The van der Waals surface area contributed by atoms with Gasteiger partial charge in [0, 0.05) is 15.6 Å². The summed E-state index contributed by atoms with van der Waals surface area (Å²) in [7, 11) is 0. The smallest absolute Gasteiger partial charge is 0.395 e. The molecule has 0 saturated heterocycles. The van der Waals surface area contributed by atoms with Crippen LogP contribution >= 0.6 is 23.2 Å². The van der Waals surface area contributed by atoms with Crippen LogP contribution in [0.1, 0.15) is 17.0 Å². The monoisotopic (exact) mass is 433 g/mol. The van der Waals surface area contributed by atoms with Crippen LogP contribution < -0.4 is 10.3 Å². The predicted octanol–water partition coefficient (Wildman–Crippen LogP) is 4.44. The normalized spacial score (nSPS) is 11.0. The first-order valence-corrected chi connectivity index (χ1v) is 8.91. The van der Waals surface area contributed by atoms with Crippen molar-refractivity contribution in [2.75, 3.05) is 0 Å². The Balaban J connectivity index is 1.74. The third-order valence-corrected chi connectivity index (χ3v) is 4.37. The first-order chi connectivity index (χ1) is 13.8. The van der Waals surface area contributed by atoms with Gasteiger partial charge in [0.25, 0.3) is 5.88 Å². The molecular weight excluding hydrogens is 421 g/mol. The second-order valence-electron chi connectivity index (χ2n) is 5.81. The Hall–Kier alpha value is -3.36. The standard InChI is InChI=1S/C19H13Cl2N3O5/c20-13-6-5-12(15(21)9-13)10-29-14-3-1-2-11(8-14)4-7-16-22-18(25)17(24(27)28)19(26)23-16/h1-9H,10H2,(H2,22,23,25,26)/b7-4+. The highest BCUT2D eigenvalue weighted by atomic mass is 35.5. The Kier molecular flexibility index (Phi) is 6.16. The molecule has 148 valence electrons. The number of benzene rings is 2. The molecule has 0 aliphatic rings. The van der Waals surface area contributed by atoms with Crippen molar-refractivity contribution in [1.82, 2.24) is 9.97 Å². The molecule has 0 aliphatic heterocycles. The highest BCUT2D eigenvalue weighted by Crippen LogP contribution is 2.23. The second-order valence-corrected chi connectivity index (χ2v) is 6.65. The minimum absolute atomic E-state index is 0.0302.